The van der Waals surface area contributed by atoms with Crippen LogP contribution in [-0.4, -0.2) is 75.5 Å². The predicted octanol–water partition coefficient (Wildman–Crippen LogP) is -0.798. The number of carbonyl (C=O) groups excluding carboxylic acids is 1. The van der Waals surface area contributed by atoms with E-state index < -0.39 is 0 Å². The molecular weight excluding hydrogens is 246 g/mol. The SMILES string of the molecule is CC1COCCN1CCNC(=O)CC1COCCN1. The second-order valence-corrected chi connectivity index (χ2v) is 5.24. The first-order valence-corrected chi connectivity index (χ1v) is 7.15. The third kappa shape index (κ3) is 5.06. The number of nitrogens with zero attached hydrogens (tertiary/aromatic N) is 1. The van der Waals surface area contributed by atoms with Crippen molar-refractivity contribution in [2.24, 2.45) is 0 Å². The summed E-state index contributed by atoms with van der Waals surface area (Å²) in [6, 6.07) is 0.607. The van der Waals surface area contributed by atoms with Crippen LogP contribution in [0, 0.1) is 0 Å². The topological polar surface area (TPSA) is 62.8 Å². The molecule has 2 rings (SSSR count). The van der Waals surface area contributed by atoms with Crippen molar-refractivity contribution >= 4 is 5.91 Å². The number of rotatable bonds is 5. The molecule has 2 N–H and O–H groups in total. The van der Waals surface area contributed by atoms with E-state index in [1.165, 1.54) is 0 Å². The van der Waals surface area contributed by atoms with Crippen LogP contribution in [0.25, 0.3) is 0 Å². The van der Waals surface area contributed by atoms with Crippen LogP contribution < -0.4 is 10.6 Å². The summed E-state index contributed by atoms with van der Waals surface area (Å²) < 4.78 is 10.7. The lowest BCUT2D eigenvalue weighted by molar-refractivity contribution is -0.122. The minimum atomic E-state index is 0.101. The molecule has 2 fully saturated rings. The summed E-state index contributed by atoms with van der Waals surface area (Å²) in [6.45, 7) is 8.50. The van der Waals surface area contributed by atoms with Crippen molar-refractivity contribution in [3.8, 4) is 0 Å². The zero-order valence-electron chi connectivity index (χ0n) is 11.7. The maximum atomic E-state index is 11.8. The minimum Gasteiger partial charge on any atom is -0.379 e. The van der Waals surface area contributed by atoms with E-state index in [2.05, 4.69) is 22.5 Å². The van der Waals surface area contributed by atoms with E-state index in [9.17, 15) is 4.79 Å². The van der Waals surface area contributed by atoms with E-state index in [-0.39, 0.29) is 11.9 Å². The minimum absolute atomic E-state index is 0.101. The molecule has 2 unspecified atom stereocenters. The van der Waals surface area contributed by atoms with Crippen LogP contribution in [0.1, 0.15) is 13.3 Å². The van der Waals surface area contributed by atoms with E-state index in [1.807, 2.05) is 0 Å². The molecule has 110 valence electrons. The van der Waals surface area contributed by atoms with Gasteiger partial charge in [-0.05, 0) is 6.92 Å². The van der Waals surface area contributed by atoms with Gasteiger partial charge in [-0.25, -0.2) is 0 Å². The maximum Gasteiger partial charge on any atom is 0.221 e. The average molecular weight is 271 g/mol. The van der Waals surface area contributed by atoms with Gasteiger partial charge >= 0.3 is 0 Å². The smallest absolute Gasteiger partial charge is 0.221 e. The van der Waals surface area contributed by atoms with Gasteiger partial charge in [0, 0.05) is 44.7 Å². The number of hydrogen-bond acceptors (Lipinski definition) is 5. The summed E-state index contributed by atoms with van der Waals surface area (Å²) in [5.74, 6) is 0.101. The first-order chi connectivity index (χ1) is 9.25. The Kier molecular flexibility index (Phi) is 6.03. The molecule has 1 amide bonds. The molecule has 2 saturated heterocycles. The van der Waals surface area contributed by atoms with Crippen LogP contribution >= 0.6 is 0 Å². The van der Waals surface area contributed by atoms with Gasteiger partial charge in [0.2, 0.25) is 5.91 Å². The van der Waals surface area contributed by atoms with Gasteiger partial charge in [0.25, 0.3) is 0 Å². The zero-order chi connectivity index (χ0) is 13.5. The molecule has 2 aliphatic rings. The lowest BCUT2D eigenvalue weighted by atomic mass is 10.2. The largest absolute Gasteiger partial charge is 0.379 e. The molecule has 0 aromatic carbocycles. The van der Waals surface area contributed by atoms with Gasteiger partial charge in [0.05, 0.1) is 26.4 Å². The highest BCUT2D eigenvalue weighted by molar-refractivity contribution is 5.76. The first-order valence-electron chi connectivity index (χ1n) is 7.15. The Morgan fingerprint density at radius 1 is 1.37 bits per heavy atom. The highest BCUT2D eigenvalue weighted by Gasteiger charge is 2.19. The van der Waals surface area contributed by atoms with Crippen molar-refractivity contribution in [3.05, 3.63) is 0 Å². The monoisotopic (exact) mass is 271 g/mol. The second-order valence-electron chi connectivity index (χ2n) is 5.24. The summed E-state index contributed by atoms with van der Waals surface area (Å²) in [7, 11) is 0. The Balaban J connectivity index is 1.58. The fourth-order valence-electron chi connectivity index (χ4n) is 2.48. The molecule has 2 heterocycles. The molecule has 0 aromatic rings. The quantitative estimate of drug-likeness (QED) is 0.685. The van der Waals surface area contributed by atoms with Crippen molar-refractivity contribution < 1.29 is 14.3 Å². The molecule has 6 heteroatoms. The Labute approximate surface area is 114 Å². The molecule has 0 radical (unpaired) electrons. The Morgan fingerprint density at radius 3 is 2.95 bits per heavy atom. The van der Waals surface area contributed by atoms with Gasteiger partial charge in [0.15, 0.2) is 0 Å². The van der Waals surface area contributed by atoms with Crippen molar-refractivity contribution in [1.82, 2.24) is 15.5 Å². The molecule has 6 nitrogen and oxygen atoms in total. The number of hydrogen-bond donors (Lipinski definition) is 2. The highest BCUT2D eigenvalue weighted by Crippen LogP contribution is 2.04. The molecule has 2 atom stereocenters. The summed E-state index contributed by atoms with van der Waals surface area (Å²) in [5, 5.41) is 6.26. The van der Waals surface area contributed by atoms with E-state index >= 15 is 0 Å². The third-order valence-corrected chi connectivity index (χ3v) is 3.66. The summed E-state index contributed by atoms with van der Waals surface area (Å²) in [4.78, 5) is 14.1. The molecule has 0 saturated carbocycles. The van der Waals surface area contributed by atoms with Crippen LogP contribution in [0.5, 0.6) is 0 Å². The van der Waals surface area contributed by atoms with Gasteiger partial charge in [-0.15, -0.1) is 0 Å². The normalized spacial score (nSPS) is 29.1. The van der Waals surface area contributed by atoms with Crippen LogP contribution in [0.4, 0.5) is 0 Å². The van der Waals surface area contributed by atoms with E-state index in [4.69, 9.17) is 9.47 Å². The lowest BCUT2D eigenvalue weighted by Crippen LogP contribution is -2.48. The summed E-state index contributed by atoms with van der Waals surface area (Å²) in [5.41, 5.74) is 0. The second kappa shape index (κ2) is 7.79. The van der Waals surface area contributed by atoms with Gasteiger partial charge < -0.3 is 20.1 Å². The Morgan fingerprint density at radius 2 is 2.21 bits per heavy atom. The van der Waals surface area contributed by atoms with E-state index in [1.54, 1.807) is 0 Å². The van der Waals surface area contributed by atoms with Crippen LogP contribution in [0.3, 0.4) is 0 Å². The summed E-state index contributed by atoms with van der Waals surface area (Å²) >= 11 is 0. The molecule has 0 bridgehead atoms. The predicted molar refractivity (Wildman–Crippen MR) is 72.1 cm³/mol. The number of morpholine rings is 2. The molecule has 0 aliphatic carbocycles. The van der Waals surface area contributed by atoms with Crippen LogP contribution in [0.15, 0.2) is 0 Å². The maximum absolute atomic E-state index is 11.8. The number of amides is 1. The van der Waals surface area contributed by atoms with Crippen molar-refractivity contribution in [2.75, 3.05) is 52.6 Å². The molecule has 0 aromatic heterocycles. The lowest BCUT2D eigenvalue weighted by Gasteiger charge is -2.33. The third-order valence-electron chi connectivity index (χ3n) is 3.66. The van der Waals surface area contributed by atoms with Gasteiger partial charge in [-0.1, -0.05) is 0 Å². The average Bonchev–Trinajstić information content (AvgIpc) is 2.42. The number of carbonyl (C=O) groups is 1. The van der Waals surface area contributed by atoms with Crippen molar-refractivity contribution in [3.63, 3.8) is 0 Å². The van der Waals surface area contributed by atoms with Crippen molar-refractivity contribution in [1.29, 1.82) is 0 Å². The Bertz CT molecular complexity index is 282. The molecular formula is C13H25N3O3. The first kappa shape index (κ1) is 14.7. The van der Waals surface area contributed by atoms with Gasteiger partial charge in [0.1, 0.15) is 0 Å². The number of nitrogens with one attached hydrogen (secondary N) is 2. The van der Waals surface area contributed by atoms with Crippen molar-refractivity contribution in [2.45, 2.75) is 25.4 Å². The fourth-order valence-corrected chi connectivity index (χ4v) is 2.48. The van der Waals surface area contributed by atoms with Crippen LogP contribution in [0.2, 0.25) is 0 Å². The molecule has 0 spiro atoms. The van der Waals surface area contributed by atoms with Gasteiger partial charge in [-0.2, -0.15) is 0 Å². The number of ether oxygens (including phenoxy) is 2. The fraction of sp³-hybridized carbons (Fsp3) is 0.923. The summed E-state index contributed by atoms with van der Waals surface area (Å²) in [6.07, 6.45) is 0.499. The standard InChI is InChI=1S/C13H25N3O3/c1-11-9-19-7-5-16(11)4-2-15-13(17)8-12-10-18-6-3-14-12/h11-12,14H,2-10H2,1H3,(H,15,17). The molecule has 2 aliphatic heterocycles. The van der Waals surface area contributed by atoms with E-state index in [0.29, 0.717) is 25.6 Å². The van der Waals surface area contributed by atoms with Gasteiger partial charge in [-0.3, -0.25) is 9.69 Å². The van der Waals surface area contributed by atoms with Crippen LogP contribution in [-0.2, 0) is 14.3 Å². The zero-order valence-corrected chi connectivity index (χ0v) is 11.7. The highest BCUT2D eigenvalue weighted by atomic mass is 16.5. The molecule has 19 heavy (non-hydrogen) atoms. The Hall–Kier alpha value is -0.690. The van der Waals surface area contributed by atoms with E-state index in [0.717, 1.165) is 39.5 Å².